The predicted octanol–water partition coefficient (Wildman–Crippen LogP) is 2.67. The molecule has 0 spiro atoms. The maximum Gasteiger partial charge on any atom is 0.211 e. The highest BCUT2D eigenvalue weighted by molar-refractivity contribution is 6.31. The topological polar surface area (TPSA) is 86.0 Å². The molecule has 0 fully saturated rings. The van der Waals surface area contributed by atoms with Crippen molar-refractivity contribution in [2.24, 2.45) is 21.7 Å². The van der Waals surface area contributed by atoms with Crippen molar-refractivity contribution in [3.05, 3.63) is 64.4 Å². The second-order valence-electron chi connectivity index (χ2n) is 4.30. The van der Waals surface area contributed by atoms with Gasteiger partial charge in [0.2, 0.25) is 5.96 Å². The van der Waals surface area contributed by atoms with Gasteiger partial charge in [0.1, 0.15) is 18.2 Å². The van der Waals surface area contributed by atoms with Crippen LogP contribution in [0.1, 0.15) is 11.1 Å². The monoisotopic (exact) mass is 320 g/mol. The number of hydrogen-bond acceptors (Lipinski definition) is 3. The first-order valence-corrected chi connectivity index (χ1v) is 6.72. The summed E-state index contributed by atoms with van der Waals surface area (Å²) in [4.78, 5) is 0. The fourth-order valence-corrected chi connectivity index (χ4v) is 1.91. The summed E-state index contributed by atoms with van der Waals surface area (Å²) in [6.45, 7) is -0.00133. The van der Waals surface area contributed by atoms with Crippen molar-refractivity contribution in [1.82, 2.24) is 0 Å². The Balaban J connectivity index is 2.17. The van der Waals surface area contributed by atoms with Gasteiger partial charge in [-0.3, -0.25) is 0 Å². The van der Waals surface area contributed by atoms with Crippen LogP contribution in [0.3, 0.4) is 0 Å². The summed E-state index contributed by atoms with van der Waals surface area (Å²) in [6.07, 6.45) is 1.44. The molecule has 0 atom stereocenters. The summed E-state index contributed by atoms with van der Waals surface area (Å²) in [6, 6.07) is 11.6. The number of hydrogen-bond donors (Lipinski definition) is 2. The van der Waals surface area contributed by atoms with E-state index in [4.69, 9.17) is 27.8 Å². The van der Waals surface area contributed by atoms with Gasteiger partial charge in [0.05, 0.1) is 11.2 Å². The Bertz CT molecular complexity index is 694. The van der Waals surface area contributed by atoms with Crippen LogP contribution in [-0.4, -0.2) is 12.2 Å². The van der Waals surface area contributed by atoms with Crippen molar-refractivity contribution < 1.29 is 9.13 Å². The molecule has 0 aliphatic carbocycles. The molecule has 0 amide bonds. The van der Waals surface area contributed by atoms with Crippen molar-refractivity contribution in [1.29, 1.82) is 0 Å². The highest BCUT2D eigenvalue weighted by Crippen LogP contribution is 2.23. The zero-order chi connectivity index (χ0) is 15.9. The molecule has 0 radical (unpaired) electrons. The van der Waals surface area contributed by atoms with Gasteiger partial charge in [-0.2, -0.15) is 5.10 Å². The molecular weight excluding hydrogens is 307 g/mol. The molecule has 2 rings (SSSR count). The van der Waals surface area contributed by atoms with Crippen LogP contribution >= 0.6 is 11.6 Å². The molecule has 0 saturated carbocycles. The first-order chi connectivity index (χ1) is 10.6. The SMILES string of the molecule is NC(N)=NN=Cc1ccccc1OCc1c(F)cccc1Cl. The lowest BCUT2D eigenvalue weighted by atomic mass is 10.2. The summed E-state index contributed by atoms with van der Waals surface area (Å²) >= 11 is 5.96. The largest absolute Gasteiger partial charge is 0.488 e. The molecule has 22 heavy (non-hydrogen) atoms. The third kappa shape index (κ3) is 4.20. The average Bonchev–Trinajstić information content (AvgIpc) is 2.48. The van der Waals surface area contributed by atoms with E-state index in [0.29, 0.717) is 21.9 Å². The van der Waals surface area contributed by atoms with Crippen molar-refractivity contribution in [3.8, 4) is 5.75 Å². The Hall–Kier alpha value is -2.60. The molecule has 4 N–H and O–H groups in total. The van der Waals surface area contributed by atoms with Gasteiger partial charge in [0.15, 0.2) is 0 Å². The van der Waals surface area contributed by atoms with Crippen LogP contribution < -0.4 is 16.2 Å². The number of guanidine groups is 1. The number of halogens is 2. The van der Waals surface area contributed by atoms with Crippen LogP contribution in [-0.2, 0) is 6.61 Å². The fourth-order valence-electron chi connectivity index (χ4n) is 1.70. The van der Waals surface area contributed by atoms with E-state index in [2.05, 4.69) is 10.2 Å². The molecular formula is C15H14ClFN4O. The quantitative estimate of drug-likeness (QED) is 0.504. The first kappa shape index (κ1) is 15.8. The number of nitrogens with two attached hydrogens (primary N) is 2. The van der Waals surface area contributed by atoms with E-state index in [1.54, 1.807) is 30.3 Å². The van der Waals surface area contributed by atoms with Crippen LogP contribution in [0.15, 0.2) is 52.7 Å². The number of ether oxygens (including phenoxy) is 1. The Labute approximate surface area is 132 Å². The van der Waals surface area contributed by atoms with Gasteiger partial charge in [-0.1, -0.05) is 29.8 Å². The summed E-state index contributed by atoms with van der Waals surface area (Å²) in [5.74, 6) is -0.0525. The minimum atomic E-state index is -0.417. The second kappa shape index (κ2) is 7.42. The molecule has 0 bridgehead atoms. The van der Waals surface area contributed by atoms with Gasteiger partial charge in [-0.15, -0.1) is 5.10 Å². The maximum absolute atomic E-state index is 13.7. The minimum absolute atomic E-state index is 0.00133. The number of nitrogens with zero attached hydrogens (tertiary/aromatic N) is 2. The Morgan fingerprint density at radius 3 is 2.68 bits per heavy atom. The lowest BCUT2D eigenvalue weighted by molar-refractivity contribution is 0.299. The van der Waals surface area contributed by atoms with Crippen molar-refractivity contribution >= 4 is 23.8 Å². The van der Waals surface area contributed by atoms with Crippen LogP contribution in [0.4, 0.5) is 4.39 Å². The summed E-state index contributed by atoms with van der Waals surface area (Å²) in [5, 5.41) is 7.55. The van der Waals surface area contributed by atoms with E-state index >= 15 is 0 Å². The molecule has 2 aromatic rings. The summed E-state index contributed by atoms with van der Waals surface area (Å²) in [5.41, 5.74) is 11.3. The van der Waals surface area contributed by atoms with Gasteiger partial charge in [-0.05, 0) is 24.3 Å². The standard InChI is InChI=1S/C15H14ClFN4O/c16-12-5-3-6-13(17)11(12)9-22-14-7-2-1-4-10(14)8-20-21-15(18)19/h1-8H,9H2,(H4,18,19,21). The van der Waals surface area contributed by atoms with Gasteiger partial charge in [0, 0.05) is 11.1 Å². The van der Waals surface area contributed by atoms with E-state index in [9.17, 15) is 4.39 Å². The molecule has 0 unspecified atom stereocenters. The predicted molar refractivity (Wildman–Crippen MR) is 85.6 cm³/mol. The van der Waals surface area contributed by atoms with Gasteiger partial charge < -0.3 is 16.2 Å². The lowest BCUT2D eigenvalue weighted by Crippen LogP contribution is -2.21. The van der Waals surface area contributed by atoms with E-state index < -0.39 is 5.82 Å². The molecule has 0 saturated heterocycles. The smallest absolute Gasteiger partial charge is 0.211 e. The Morgan fingerprint density at radius 1 is 1.18 bits per heavy atom. The second-order valence-corrected chi connectivity index (χ2v) is 4.70. The summed E-state index contributed by atoms with van der Waals surface area (Å²) in [7, 11) is 0. The van der Waals surface area contributed by atoms with Crippen LogP contribution in [0.2, 0.25) is 5.02 Å². The van der Waals surface area contributed by atoms with Gasteiger partial charge in [0.25, 0.3) is 0 Å². The van der Waals surface area contributed by atoms with Crippen LogP contribution in [0.5, 0.6) is 5.75 Å². The minimum Gasteiger partial charge on any atom is -0.488 e. The molecule has 7 heteroatoms. The third-order valence-electron chi connectivity index (χ3n) is 2.72. The van der Waals surface area contributed by atoms with Crippen molar-refractivity contribution in [2.45, 2.75) is 6.61 Å². The maximum atomic E-state index is 13.7. The normalized spacial score (nSPS) is 10.6. The Morgan fingerprint density at radius 2 is 1.95 bits per heavy atom. The average molecular weight is 321 g/mol. The van der Waals surface area contributed by atoms with Gasteiger partial charge >= 0.3 is 0 Å². The van der Waals surface area contributed by atoms with E-state index in [-0.39, 0.29) is 12.6 Å². The molecule has 0 aliphatic heterocycles. The van der Waals surface area contributed by atoms with Crippen molar-refractivity contribution in [3.63, 3.8) is 0 Å². The zero-order valence-electron chi connectivity index (χ0n) is 11.5. The van der Waals surface area contributed by atoms with E-state index in [0.717, 1.165) is 0 Å². The summed E-state index contributed by atoms with van der Waals surface area (Å²) < 4.78 is 19.3. The number of para-hydroxylation sites is 1. The van der Waals surface area contributed by atoms with Gasteiger partial charge in [-0.25, -0.2) is 4.39 Å². The lowest BCUT2D eigenvalue weighted by Gasteiger charge is -2.10. The number of rotatable bonds is 5. The molecule has 114 valence electrons. The first-order valence-electron chi connectivity index (χ1n) is 6.34. The highest BCUT2D eigenvalue weighted by atomic mass is 35.5. The van der Waals surface area contributed by atoms with E-state index in [1.807, 2.05) is 0 Å². The highest BCUT2D eigenvalue weighted by Gasteiger charge is 2.08. The van der Waals surface area contributed by atoms with Crippen LogP contribution in [0, 0.1) is 5.82 Å². The number of benzene rings is 2. The van der Waals surface area contributed by atoms with Crippen molar-refractivity contribution in [2.75, 3.05) is 0 Å². The van der Waals surface area contributed by atoms with E-state index in [1.165, 1.54) is 18.3 Å². The Kier molecular flexibility index (Phi) is 5.32. The molecule has 0 aliphatic rings. The fraction of sp³-hybridized carbons (Fsp3) is 0.0667. The zero-order valence-corrected chi connectivity index (χ0v) is 12.3. The molecule has 0 heterocycles. The molecule has 2 aromatic carbocycles. The molecule has 0 aromatic heterocycles. The third-order valence-corrected chi connectivity index (χ3v) is 3.08. The molecule has 5 nitrogen and oxygen atoms in total. The van der Waals surface area contributed by atoms with Crippen LogP contribution in [0.25, 0.3) is 0 Å².